The SMILES string of the molecule is O=Cc1cc(OC(F)(F)F)c(CBr)c(F)n1. The Morgan fingerprint density at radius 3 is 2.56 bits per heavy atom. The summed E-state index contributed by atoms with van der Waals surface area (Å²) in [6.07, 6.45) is -4.82. The van der Waals surface area contributed by atoms with Gasteiger partial charge >= 0.3 is 6.36 Å². The van der Waals surface area contributed by atoms with Gasteiger partial charge in [-0.05, 0) is 0 Å². The Bertz CT molecular complexity index is 408. The predicted molar refractivity (Wildman–Crippen MR) is 48.9 cm³/mol. The number of pyridine rings is 1. The fourth-order valence-electron chi connectivity index (χ4n) is 0.933. The molecule has 3 nitrogen and oxygen atoms in total. The monoisotopic (exact) mass is 301 g/mol. The smallest absolute Gasteiger partial charge is 0.405 e. The highest BCUT2D eigenvalue weighted by atomic mass is 79.9. The summed E-state index contributed by atoms with van der Waals surface area (Å²) in [5, 5.41) is -0.212. The van der Waals surface area contributed by atoms with E-state index in [0.717, 1.165) is 6.07 Å². The lowest BCUT2D eigenvalue weighted by Crippen LogP contribution is -2.19. The maximum atomic E-state index is 13.1. The highest BCUT2D eigenvalue weighted by Gasteiger charge is 2.33. The molecule has 1 aromatic heterocycles. The van der Waals surface area contributed by atoms with Crippen LogP contribution in [-0.4, -0.2) is 17.6 Å². The molecular weight excluding hydrogens is 298 g/mol. The average molecular weight is 302 g/mol. The molecule has 0 atom stereocenters. The van der Waals surface area contributed by atoms with E-state index >= 15 is 0 Å². The van der Waals surface area contributed by atoms with Crippen LogP contribution in [0.15, 0.2) is 6.07 Å². The molecule has 88 valence electrons. The Balaban J connectivity index is 3.23. The van der Waals surface area contributed by atoms with Crippen LogP contribution in [0.1, 0.15) is 16.1 Å². The van der Waals surface area contributed by atoms with Gasteiger partial charge in [0.1, 0.15) is 11.4 Å². The summed E-state index contributed by atoms with van der Waals surface area (Å²) in [6.45, 7) is 0. The summed E-state index contributed by atoms with van der Waals surface area (Å²) in [5.41, 5.74) is -0.871. The second-order valence-corrected chi connectivity index (χ2v) is 3.17. The van der Waals surface area contributed by atoms with Crippen LogP contribution in [0.25, 0.3) is 0 Å². The fraction of sp³-hybridized carbons (Fsp3) is 0.250. The van der Waals surface area contributed by atoms with Gasteiger partial charge < -0.3 is 4.74 Å². The van der Waals surface area contributed by atoms with Crippen molar-refractivity contribution < 1.29 is 27.1 Å². The molecule has 0 radical (unpaired) electrons. The zero-order valence-corrected chi connectivity index (χ0v) is 9.10. The van der Waals surface area contributed by atoms with Crippen LogP contribution in [0, 0.1) is 5.95 Å². The van der Waals surface area contributed by atoms with Gasteiger partial charge in [-0.25, -0.2) is 4.98 Å². The molecule has 0 N–H and O–H groups in total. The van der Waals surface area contributed by atoms with E-state index in [1.54, 1.807) is 0 Å². The van der Waals surface area contributed by atoms with E-state index in [2.05, 4.69) is 25.7 Å². The van der Waals surface area contributed by atoms with E-state index in [1.165, 1.54) is 0 Å². The lowest BCUT2D eigenvalue weighted by Gasteiger charge is -2.12. The van der Waals surface area contributed by atoms with E-state index < -0.39 is 29.3 Å². The molecular formula is C8H4BrF4NO2. The molecule has 0 saturated heterocycles. The molecule has 0 unspecified atom stereocenters. The second-order valence-electron chi connectivity index (χ2n) is 2.61. The van der Waals surface area contributed by atoms with Crippen molar-refractivity contribution in [2.75, 3.05) is 0 Å². The first kappa shape index (κ1) is 12.9. The van der Waals surface area contributed by atoms with Crippen LogP contribution in [0.2, 0.25) is 0 Å². The largest absolute Gasteiger partial charge is 0.573 e. The third-order valence-corrected chi connectivity index (χ3v) is 2.09. The van der Waals surface area contributed by atoms with Crippen molar-refractivity contribution in [3.05, 3.63) is 23.3 Å². The number of hydrogen-bond acceptors (Lipinski definition) is 3. The highest BCUT2D eigenvalue weighted by Crippen LogP contribution is 2.29. The van der Waals surface area contributed by atoms with Crippen molar-refractivity contribution in [1.29, 1.82) is 0 Å². The Morgan fingerprint density at radius 2 is 2.12 bits per heavy atom. The summed E-state index contributed by atoms with van der Waals surface area (Å²) >= 11 is 2.80. The number of halogens is 5. The Hall–Kier alpha value is -1.18. The number of alkyl halides is 4. The topological polar surface area (TPSA) is 39.2 Å². The molecule has 0 aromatic carbocycles. The van der Waals surface area contributed by atoms with E-state index in [4.69, 9.17) is 0 Å². The van der Waals surface area contributed by atoms with E-state index in [9.17, 15) is 22.4 Å². The summed E-state index contributed by atoms with van der Waals surface area (Å²) in [5.74, 6) is -1.96. The number of aldehydes is 1. The molecule has 0 fully saturated rings. The predicted octanol–water partition coefficient (Wildman–Crippen LogP) is 2.83. The highest BCUT2D eigenvalue weighted by molar-refractivity contribution is 9.08. The van der Waals surface area contributed by atoms with E-state index in [0.29, 0.717) is 0 Å². The second kappa shape index (κ2) is 4.77. The minimum Gasteiger partial charge on any atom is -0.405 e. The average Bonchev–Trinajstić information content (AvgIpc) is 2.14. The fourth-order valence-corrected chi connectivity index (χ4v) is 1.44. The van der Waals surface area contributed by atoms with Gasteiger partial charge in [-0.3, -0.25) is 4.79 Å². The van der Waals surface area contributed by atoms with Crippen LogP contribution in [-0.2, 0) is 5.33 Å². The van der Waals surface area contributed by atoms with Crippen LogP contribution in [0.5, 0.6) is 5.75 Å². The van der Waals surface area contributed by atoms with Gasteiger partial charge in [-0.15, -0.1) is 13.2 Å². The van der Waals surface area contributed by atoms with Crippen LogP contribution in [0.3, 0.4) is 0 Å². The summed E-state index contributed by atoms with van der Waals surface area (Å²) in [7, 11) is 0. The van der Waals surface area contributed by atoms with Crippen molar-refractivity contribution in [2.45, 2.75) is 11.7 Å². The van der Waals surface area contributed by atoms with Crippen LogP contribution >= 0.6 is 15.9 Å². The molecule has 0 aliphatic heterocycles. The Morgan fingerprint density at radius 1 is 1.50 bits per heavy atom. The van der Waals surface area contributed by atoms with Crippen molar-refractivity contribution in [3.8, 4) is 5.75 Å². The van der Waals surface area contributed by atoms with Gasteiger partial charge in [0.15, 0.2) is 6.29 Å². The third-order valence-electron chi connectivity index (χ3n) is 1.53. The number of nitrogens with zero attached hydrogens (tertiary/aromatic N) is 1. The van der Waals surface area contributed by atoms with Gasteiger partial charge in [0, 0.05) is 11.4 Å². The molecule has 16 heavy (non-hydrogen) atoms. The zero-order valence-electron chi connectivity index (χ0n) is 7.52. The van der Waals surface area contributed by atoms with E-state index in [1.807, 2.05) is 0 Å². The molecule has 0 aliphatic rings. The summed E-state index contributed by atoms with van der Waals surface area (Å²) < 4.78 is 52.6. The number of hydrogen-bond donors (Lipinski definition) is 0. The Labute approximate surface area is 95.6 Å². The maximum absolute atomic E-state index is 13.1. The number of carbonyl (C=O) groups is 1. The first-order valence-electron chi connectivity index (χ1n) is 3.83. The van der Waals surface area contributed by atoms with Crippen molar-refractivity contribution in [2.24, 2.45) is 0 Å². The first-order chi connectivity index (χ1) is 7.37. The van der Waals surface area contributed by atoms with Gasteiger partial charge in [0.25, 0.3) is 0 Å². The number of rotatable bonds is 3. The quantitative estimate of drug-likeness (QED) is 0.373. The lowest BCUT2D eigenvalue weighted by molar-refractivity contribution is -0.274. The standard InChI is InChI=1S/C8H4BrF4NO2/c9-2-5-6(16-8(11,12)13)1-4(3-15)14-7(5)10/h1,3H,2H2. The van der Waals surface area contributed by atoms with Crippen molar-refractivity contribution >= 4 is 22.2 Å². The summed E-state index contributed by atoms with van der Waals surface area (Å²) in [6, 6.07) is 0.722. The Kier molecular flexibility index (Phi) is 3.84. The van der Waals surface area contributed by atoms with E-state index in [-0.39, 0.29) is 11.6 Å². The van der Waals surface area contributed by atoms with Gasteiger partial charge in [-0.2, -0.15) is 4.39 Å². The number of ether oxygens (including phenoxy) is 1. The van der Waals surface area contributed by atoms with Crippen molar-refractivity contribution in [3.63, 3.8) is 0 Å². The normalized spacial score (nSPS) is 11.3. The third kappa shape index (κ3) is 3.16. The molecule has 0 aliphatic carbocycles. The molecule has 1 heterocycles. The minimum atomic E-state index is -4.95. The van der Waals surface area contributed by atoms with Crippen LogP contribution in [0.4, 0.5) is 17.6 Å². The van der Waals surface area contributed by atoms with Gasteiger partial charge in [-0.1, -0.05) is 15.9 Å². The molecule has 8 heteroatoms. The first-order valence-corrected chi connectivity index (χ1v) is 4.96. The van der Waals surface area contributed by atoms with Gasteiger partial charge in [0.05, 0.1) is 5.56 Å². The summed E-state index contributed by atoms with van der Waals surface area (Å²) in [4.78, 5) is 13.4. The number of aromatic nitrogens is 1. The minimum absolute atomic E-state index is 0.129. The molecule has 0 saturated carbocycles. The van der Waals surface area contributed by atoms with Crippen molar-refractivity contribution in [1.82, 2.24) is 4.98 Å². The lowest BCUT2D eigenvalue weighted by atomic mass is 10.2. The zero-order chi connectivity index (χ0) is 12.3. The van der Waals surface area contributed by atoms with Gasteiger partial charge in [0.2, 0.25) is 5.95 Å². The molecule has 1 aromatic rings. The molecule has 0 amide bonds. The van der Waals surface area contributed by atoms with Crippen LogP contribution < -0.4 is 4.74 Å². The molecule has 0 bridgehead atoms. The maximum Gasteiger partial charge on any atom is 0.573 e. The molecule has 1 rings (SSSR count). The number of carbonyl (C=O) groups excluding carboxylic acids is 1. The molecule has 0 spiro atoms.